The van der Waals surface area contributed by atoms with Crippen LogP contribution in [-0.4, -0.2) is 68.5 Å². The zero-order valence-corrected chi connectivity index (χ0v) is 14.2. The van der Waals surface area contributed by atoms with Gasteiger partial charge in [0.25, 0.3) is 0 Å². The molecule has 6 nitrogen and oxygen atoms in total. The Balaban J connectivity index is 1.61. The first kappa shape index (κ1) is 18.5. The summed E-state index contributed by atoms with van der Waals surface area (Å²) in [5.74, 6) is -0.148. The predicted molar refractivity (Wildman–Crippen MR) is 92.7 cm³/mol. The van der Waals surface area contributed by atoms with Gasteiger partial charge < -0.3 is 20.6 Å². The average Bonchev–Trinajstić information content (AvgIpc) is 2.61. The number of carbonyl (C=O) groups excluding carboxylic acids is 1. The van der Waals surface area contributed by atoms with E-state index in [1.165, 1.54) is 12.1 Å². The maximum atomic E-state index is 13.0. The molecular formula is C17H27FN4O2. The zero-order valence-electron chi connectivity index (χ0n) is 14.2. The van der Waals surface area contributed by atoms with Crippen molar-refractivity contribution in [2.24, 2.45) is 5.92 Å². The second-order valence-electron chi connectivity index (χ2n) is 6.23. The smallest absolute Gasteiger partial charge is 0.314 e. The van der Waals surface area contributed by atoms with E-state index in [-0.39, 0.29) is 24.4 Å². The lowest BCUT2D eigenvalue weighted by atomic mass is 10.2. The van der Waals surface area contributed by atoms with Crippen molar-refractivity contribution >= 4 is 11.7 Å². The molecule has 0 saturated carbocycles. The standard InChI is InChI=1S/C17H27FN4O2/c1-14(13-23)12-20-17(24)19-6-7-21-8-10-22(11-9-21)16-4-2-15(18)3-5-16/h2-5,14,23H,6-13H2,1H3,(H2,19,20,24). The fourth-order valence-electron chi connectivity index (χ4n) is 2.60. The molecule has 0 spiro atoms. The quantitative estimate of drug-likeness (QED) is 0.690. The molecule has 1 aliphatic heterocycles. The van der Waals surface area contributed by atoms with Gasteiger partial charge in [0.2, 0.25) is 0 Å². The minimum Gasteiger partial charge on any atom is -0.396 e. The number of anilines is 1. The van der Waals surface area contributed by atoms with E-state index in [2.05, 4.69) is 20.4 Å². The second-order valence-corrected chi connectivity index (χ2v) is 6.23. The van der Waals surface area contributed by atoms with Crippen molar-refractivity contribution in [1.29, 1.82) is 0 Å². The summed E-state index contributed by atoms with van der Waals surface area (Å²) in [6, 6.07) is 6.40. The highest BCUT2D eigenvalue weighted by Gasteiger charge is 2.17. The predicted octanol–water partition coefficient (Wildman–Crippen LogP) is 0.875. The van der Waals surface area contributed by atoms with E-state index < -0.39 is 0 Å². The molecule has 134 valence electrons. The number of hydrogen-bond donors (Lipinski definition) is 3. The van der Waals surface area contributed by atoms with Crippen molar-refractivity contribution in [2.75, 3.05) is 57.3 Å². The van der Waals surface area contributed by atoms with Crippen LogP contribution in [-0.2, 0) is 0 Å². The third-order valence-corrected chi connectivity index (χ3v) is 4.20. The molecule has 0 aromatic heterocycles. The molecule has 1 unspecified atom stereocenters. The van der Waals surface area contributed by atoms with Crippen LogP contribution in [0.1, 0.15) is 6.92 Å². The number of urea groups is 1. The summed E-state index contributed by atoms with van der Waals surface area (Å²) < 4.78 is 13.0. The molecule has 3 N–H and O–H groups in total. The molecule has 1 saturated heterocycles. The Hall–Kier alpha value is -1.86. The first-order valence-corrected chi connectivity index (χ1v) is 8.44. The first-order chi connectivity index (χ1) is 11.6. The van der Waals surface area contributed by atoms with Crippen LogP contribution in [0.5, 0.6) is 0 Å². The van der Waals surface area contributed by atoms with Crippen LogP contribution in [0.25, 0.3) is 0 Å². The Morgan fingerprint density at radius 3 is 2.50 bits per heavy atom. The van der Waals surface area contributed by atoms with E-state index in [1.807, 2.05) is 19.1 Å². The number of rotatable bonds is 7. The van der Waals surface area contributed by atoms with Gasteiger partial charge in [-0.2, -0.15) is 0 Å². The topological polar surface area (TPSA) is 67.8 Å². The molecule has 1 aromatic carbocycles. The SMILES string of the molecule is CC(CO)CNC(=O)NCCN1CCN(c2ccc(F)cc2)CC1. The normalized spacial score (nSPS) is 16.7. The number of hydrogen-bond acceptors (Lipinski definition) is 4. The summed E-state index contributed by atoms with van der Waals surface area (Å²) in [7, 11) is 0. The lowest BCUT2D eigenvalue weighted by molar-refractivity contribution is 0.218. The van der Waals surface area contributed by atoms with Crippen LogP contribution in [0.2, 0.25) is 0 Å². The second kappa shape index (κ2) is 9.44. The van der Waals surface area contributed by atoms with Crippen molar-refractivity contribution in [3.8, 4) is 0 Å². The number of benzene rings is 1. The molecule has 1 aliphatic rings. The monoisotopic (exact) mass is 338 g/mol. The van der Waals surface area contributed by atoms with Crippen molar-refractivity contribution < 1.29 is 14.3 Å². The average molecular weight is 338 g/mol. The van der Waals surface area contributed by atoms with Gasteiger partial charge >= 0.3 is 6.03 Å². The minimum absolute atomic E-state index is 0.0651. The number of nitrogens with zero attached hydrogens (tertiary/aromatic N) is 2. The van der Waals surface area contributed by atoms with Crippen LogP contribution in [0.15, 0.2) is 24.3 Å². The first-order valence-electron chi connectivity index (χ1n) is 8.44. The maximum Gasteiger partial charge on any atom is 0.314 e. The van der Waals surface area contributed by atoms with Crippen LogP contribution in [0, 0.1) is 11.7 Å². The molecule has 1 aromatic rings. The minimum atomic E-state index is -0.213. The summed E-state index contributed by atoms with van der Waals surface area (Å²) in [6.07, 6.45) is 0. The number of amides is 2. The van der Waals surface area contributed by atoms with Gasteiger partial charge in [0.05, 0.1) is 0 Å². The Kier molecular flexibility index (Phi) is 7.27. The molecular weight excluding hydrogens is 311 g/mol. The molecule has 2 amide bonds. The highest BCUT2D eigenvalue weighted by molar-refractivity contribution is 5.73. The Labute approximate surface area is 142 Å². The number of nitrogens with one attached hydrogen (secondary N) is 2. The van der Waals surface area contributed by atoms with Crippen LogP contribution in [0.4, 0.5) is 14.9 Å². The number of carbonyl (C=O) groups is 1. The molecule has 2 rings (SSSR count). The lowest BCUT2D eigenvalue weighted by Gasteiger charge is -2.36. The van der Waals surface area contributed by atoms with Gasteiger partial charge in [0, 0.05) is 58.1 Å². The Bertz CT molecular complexity index is 504. The van der Waals surface area contributed by atoms with Crippen LogP contribution in [0.3, 0.4) is 0 Å². The molecule has 1 atom stereocenters. The number of piperazine rings is 1. The number of aliphatic hydroxyl groups is 1. The van der Waals surface area contributed by atoms with E-state index in [0.717, 1.165) is 38.4 Å². The molecule has 0 aliphatic carbocycles. The van der Waals surface area contributed by atoms with E-state index in [9.17, 15) is 9.18 Å². The van der Waals surface area contributed by atoms with Crippen molar-refractivity contribution in [2.45, 2.75) is 6.92 Å². The number of halogens is 1. The van der Waals surface area contributed by atoms with Gasteiger partial charge in [-0.15, -0.1) is 0 Å². The van der Waals surface area contributed by atoms with Crippen LogP contribution < -0.4 is 15.5 Å². The molecule has 1 heterocycles. The van der Waals surface area contributed by atoms with Gasteiger partial charge in [-0.05, 0) is 30.2 Å². The van der Waals surface area contributed by atoms with Crippen molar-refractivity contribution in [3.05, 3.63) is 30.1 Å². The third-order valence-electron chi connectivity index (χ3n) is 4.20. The molecule has 24 heavy (non-hydrogen) atoms. The Morgan fingerprint density at radius 1 is 1.21 bits per heavy atom. The van der Waals surface area contributed by atoms with Gasteiger partial charge in [0.15, 0.2) is 0 Å². The summed E-state index contributed by atoms with van der Waals surface area (Å²) in [5.41, 5.74) is 1.05. The third kappa shape index (κ3) is 5.98. The van der Waals surface area contributed by atoms with Gasteiger partial charge in [-0.25, -0.2) is 9.18 Å². The summed E-state index contributed by atoms with van der Waals surface area (Å²) in [6.45, 7) is 7.44. The fourth-order valence-corrected chi connectivity index (χ4v) is 2.60. The van der Waals surface area contributed by atoms with E-state index >= 15 is 0 Å². The fraction of sp³-hybridized carbons (Fsp3) is 0.588. The molecule has 0 bridgehead atoms. The molecule has 7 heteroatoms. The van der Waals surface area contributed by atoms with Gasteiger partial charge in [-0.1, -0.05) is 6.92 Å². The highest BCUT2D eigenvalue weighted by Crippen LogP contribution is 2.16. The van der Waals surface area contributed by atoms with Gasteiger partial charge in [0.1, 0.15) is 5.82 Å². The summed E-state index contributed by atoms with van der Waals surface area (Å²) >= 11 is 0. The van der Waals surface area contributed by atoms with E-state index in [1.54, 1.807) is 0 Å². The van der Waals surface area contributed by atoms with Crippen molar-refractivity contribution in [3.63, 3.8) is 0 Å². The summed E-state index contributed by atoms with van der Waals surface area (Å²) in [5, 5.41) is 14.5. The largest absolute Gasteiger partial charge is 0.396 e. The van der Waals surface area contributed by atoms with Crippen molar-refractivity contribution in [1.82, 2.24) is 15.5 Å². The lowest BCUT2D eigenvalue weighted by Crippen LogP contribution is -2.49. The molecule has 0 radical (unpaired) electrons. The number of aliphatic hydroxyl groups excluding tert-OH is 1. The van der Waals surface area contributed by atoms with E-state index in [0.29, 0.717) is 13.1 Å². The van der Waals surface area contributed by atoms with Crippen LogP contribution >= 0.6 is 0 Å². The Morgan fingerprint density at radius 2 is 1.88 bits per heavy atom. The summed E-state index contributed by atoms with van der Waals surface area (Å²) in [4.78, 5) is 16.2. The zero-order chi connectivity index (χ0) is 17.4. The van der Waals surface area contributed by atoms with E-state index in [4.69, 9.17) is 5.11 Å². The molecule has 1 fully saturated rings. The maximum absolute atomic E-state index is 13.0. The van der Waals surface area contributed by atoms with Gasteiger partial charge in [-0.3, -0.25) is 4.90 Å². The highest BCUT2D eigenvalue weighted by atomic mass is 19.1.